The predicted molar refractivity (Wildman–Crippen MR) is 53.6 cm³/mol. The van der Waals surface area contributed by atoms with Gasteiger partial charge in [-0.25, -0.2) is 9.78 Å². The minimum absolute atomic E-state index is 0.308. The number of hydrogen-bond acceptors (Lipinski definition) is 2. The maximum atomic E-state index is 10.8. The average molecular weight is 192 g/mol. The third kappa shape index (κ3) is 2.10. The van der Waals surface area contributed by atoms with Crippen LogP contribution in [0.15, 0.2) is 36.9 Å². The highest BCUT2D eigenvalue weighted by Crippen LogP contribution is 2.15. The number of nitrogens with zero attached hydrogens (tertiary/aromatic N) is 2. The van der Waals surface area contributed by atoms with Crippen LogP contribution in [-0.4, -0.2) is 20.6 Å². The Morgan fingerprint density at radius 3 is 2.86 bits per heavy atom. The van der Waals surface area contributed by atoms with E-state index in [4.69, 9.17) is 5.11 Å². The van der Waals surface area contributed by atoms with Crippen LogP contribution in [0.4, 0.5) is 0 Å². The highest BCUT2D eigenvalue weighted by Gasteiger charge is 2.09. The van der Waals surface area contributed by atoms with Crippen molar-refractivity contribution in [3.8, 4) is 0 Å². The lowest BCUT2D eigenvalue weighted by Crippen LogP contribution is -2.04. The monoisotopic (exact) mass is 192 g/mol. The molecule has 14 heavy (non-hydrogen) atoms. The standard InChI is InChI=1S/C10H12N2O2/c1-3-4-9(8(2)10(13)14)12-6-5-11-7-12/h3,5-7H,1,4H2,2H3,(H,13,14)/b9-8+. The van der Waals surface area contributed by atoms with E-state index >= 15 is 0 Å². The van der Waals surface area contributed by atoms with E-state index in [-0.39, 0.29) is 0 Å². The number of allylic oxidation sites excluding steroid dienone is 2. The summed E-state index contributed by atoms with van der Waals surface area (Å²) in [7, 11) is 0. The molecule has 1 heterocycles. The number of carboxylic acid groups (broad SMARTS) is 1. The lowest BCUT2D eigenvalue weighted by Gasteiger charge is -2.07. The van der Waals surface area contributed by atoms with Crippen LogP contribution in [0.5, 0.6) is 0 Å². The molecule has 1 N–H and O–H groups in total. The van der Waals surface area contributed by atoms with Gasteiger partial charge in [0.25, 0.3) is 0 Å². The zero-order valence-corrected chi connectivity index (χ0v) is 7.97. The van der Waals surface area contributed by atoms with Gasteiger partial charge >= 0.3 is 5.97 Å². The largest absolute Gasteiger partial charge is 0.478 e. The van der Waals surface area contributed by atoms with Gasteiger partial charge in [0, 0.05) is 24.5 Å². The maximum absolute atomic E-state index is 10.8. The summed E-state index contributed by atoms with van der Waals surface area (Å²) >= 11 is 0. The highest BCUT2D eigenvalue weighted by atomic mass is 16.4. The Morgan fingerprint density at radius 2 is 2.43 bits per heavy atom. The summed E-state index contributed by atoms with van der Waals surface area (Å²) in [6.45, 7) is 5.16. The van der Waals surface area contributed by atoms with E-state index in [9.17, 15) is 4.79 Å². The number of imidazole rings is 1. The van der Waals surface area contributed by atoms with Gasteiger partial charge < -0.3 is 9.67 Å². The fourth-order valence-electron chi connectivity index (χ4n) is 1.13. The minimum atomic E-state index is -0.921. The van der Waals surface area contributed by atoms with Crippen LogP contribution in [0.25, 0.3) is 5.70 Å². The first-order valence-electron chi connectivity index (χ1n) is 4.19. The van der Waals surface area contributed by atoms with Crippen molar-refractivity contribution in [2.75, 3.05) is 0 Å². The third-order valence-corrected chi connectivity index (χ3v) is 1.91. The van der Waals surface area contributed by atoms with Crippen LogP contribution in [-0.2, 0) is 4.79 Å². The summed E-state index contributed by atoms with van der Waals surface area (Å²) in [6.07, 6.45) is 7.07. The normalized spacial score (nSPS) is 12.1. The summed E-state index contributed by atoms with van der Waals surface area (Å²) in [4.78, 5) is 14.7. The molecular weight excluding hydrogens is 180 g/mol. The Balaban J connectivity index is 3.13. The number of carboxylic acids is 1. The minimum Gasteiger partial charge on any atom is -0.478 e. The van der Waals surface area contributed by atoms with Crippen molar-refractivity contribution in [2.45, 2.75) is 13.3 Å². The van der Waals surface area contributed by atoms with E-state index in [2.05, 4.69) is 11.6 Å². The van der Waals surface area contributed by atoms with E-state index in [0.29, 0.717) is 17.7 Å². The molecule has 0 spiro atoms. The zero-order chi connectivity index (χ0) is 10.6. The zero-order valence-electron chi connectivity index (χ0n) is 7.97. The summed E-state index contributed by atoms with van der Waals surface area (Å²) < 4.78 is 1.69. The number of hydrogen-bond donors (Lipinski definition) is 1. The molecule has 0 unspecified atom stereocenters. The summed E-state index contributed by atoms with van der Waals surface area (Å²) in [5.41, 5.74) is 0.993. The van der Waals surface area contributed by atoms with E-state index in [1.807, 2.05) is 0 Å². The van der Waals surface area contributed by atoms with E-state index in [1.165, 1.54) is 0 Å². The fourth-order valence-corrected chi connectivity index (χ4v) is 1.13. The molecule has 0 atom stereocenters. The van der Waals surface area contributed by atoms with Crippen LogP contribution in [0, 0.1) is 0 Å². The van der Waals surface area contributed by atoms with Gasteiger partial charge in [-0.15, -0.1) is 6.58 Å². The van der Waals surface area contributed by atoms with Crippen molar-refractivity contribution < 1.29 is 9.90 Å². The fraction of sp³-hybridized carbons (Fsp3) is 0.200. The number of aromatic nitrogens is 2. The SMILES string of the molecule is C=CC/C(=C(/C)C(=O)O)n1ccnc1. The molecule has 1 aromatic rings. The predicted octanol–water partition coefficient (Wildman–Crippen LogP) is 1.77. The molecule has 0 saturated heterocycles. The molecule has 1 rings (SSSR count). The van der Waals surface area contributed by atoms with Crippen LogP contribution < -0.4 is 0 Å². The van der Waals surface area contributed by atoms with Crippen molar-refractivity contribution in [1.29, 1.82) is 0 Å². The Bertz CT molecular complexity index is 363. The van der Waals surface area contributed by atoms with E-state index < -0.39 is 5.97 Å². The van der Waals surface area contributed by atoms with Gasteiger partial charge in [0.15, 0.2) is 0 Å². The van der Waals surface area contributed by atoms with Gasteiger partial charge in [0.05, 0.1) is 11.9 Å². The van der Waals surface area contributed by atoms with Gasteiger partial charge in [-0.3, -0.25) is 0 Å². The van der Waals surface area contributed by atoms with Crippen molar-refractivity contribution >= 4 is 11.7 Å². The average Bonchev–Trinajstić information content (AvgIpc) is 2.65. The van der Waals surface area contributed by atoms with E-state index in [1.54, 1.807) is 36.3 Å². The smallest absolute Gasteiger partial charge is 0.333 e. The highest BCUT2D eigenvalue weighted by molar-refractivity contribution is 5.92. The van der Waals surface area contributed by atoms with Gasteiger partial charge in [-0.1, -0.05) is 6.08 Å². The van der Waals surface area contributed by atoms with Gasteiger partial charge in [0.2, 0.25) is 0 Å². The van der Waals surface area contributed by atoms with Crippen molar-refractivity contribution in [3.63, 3.8) is 0 Å². The number of carbonyl (C=O) groups is 1. The molecule has 0 fully saturated rings. The van der Waals surface area contributed by atoms with Crippen LogP contribution in [0.3, 0.4) is 0 Å². The molecule has 4 nitrogen and oxygen atoms in total. The lowest BCUT2D eigenvalue weighted by molar-refractivity contribution is -0.132. The molecule has 0 amide bonds. The summed E-state index contributed by atoms with van der Waals surface area (Å²) in [5.74, 6) is -0.921. The molecule has 0 aliphatic rings. The number of rotatable bonds is 4. The second kappa shape index (κ2) is 4.41. The second-order valence-corrected chi connectivity index (χ2v) is 2.84. The summed E-state index contributed by atoms with van der Waals surface area (Å²) in [6, 6.07) is 0. The van der Waals surface area contributed by atoms with E-state index in [0.717, 1.165) is 0 Å². The third-order valence-electron chi connectivity index (χ3n) is 1.91. The molecule has 1 aromatic heterocycles. The molecule has 0 saturated carbocycles. The van der Waals surface area contributed by atoms with Gasteiger partial charge in [0.1, 0.15) is 0 Å². The molecule has 0 aliphatic carbocycles. The molecule has 4 heteroatoms. The van der Waals surface area contributed by atoms with Crippen molar-refractivity contribution in [2.24, 2.45) is 0 Å². The molecule has 0 aliphatic heterocycles. The molecule has 0 bridgehead atoms. The first-order valence-corrected chi connectivity index (χ1v) is 4.19. The Hall–Kier alpha value is -1.84. The van der Waals surface area contributed by atoms with Gasteiger partial charge in [-0.05, 0) is 6.92 Å². The van der Waals surface area contributed by atoms with Crippen LogP contribution in [0.2, 0.25) is 0 Å². The summed E-state index contributed by atoms with van der Waals surface area (Å²) in [5, 5.41) is 8.85. The molecule has 0 radical (unpaired) electrons. The maximum Gasteiger partial charge on any atom is 0.333 e. The second-order valence-electron chi connectivity index (χ2n) is 2.84. The molecular formula is C10H12N2O2. The van der Waals surface area contributed by atoms with Crippen molar-refractivity contribution in [3.05, 3.63) is 36.9 Å². The number of aliphatic carboxylic acids is 1. The quantitative estimate of drug-likeness (QED) is 0.584. The first kappa shape index (κ1) is 10.2. The lowest BCUT2D eigenvalue weighted by atomic mass is 10.2. The van der Waals surface area contributed by atoms with Crippen LogP contribution >= 0.6 is 0 Å². The molecule has 74 valence electrons. The Morgan fingerprint density at radius 1 is 1.71 bits per heavy atom. The Kier molecular flexibility index (Phi) is 3.23. The molecule has 0 aromatic carbocycles. The van der Waals surface area contributed by atoms with Crippen LogP contribution in [0.1, 0.15) is 13.3 Å². The van der Waals surface area contributed by atoms with Crippen molar-refractivity contribution in [1.82, 2.24) is 9.55 Å². The topological polar surface area (TPSA) is 55.1 Å². The Labute approximate surface area is 82.2 Å². The van der Waals surface area contributed by atoms with Gasteiger partial charge in [-0.2, -0.15) is 0 Å². The first-order chi connectivity index (χ1) is 6.66.